The van der Waals surface area contributed by atoms with Crippen molar-refractivity contribution in [2.45, 2.75) is 19.3 Å². The Morgan fingerprint density at radius 1 is 1.24 bits per heavy atom. The lowest BCUT2D eigenvalue weighted by molar-refractivity contribution is -0.137. The van der Waals surface area contributed by atoms with E-state index in [0.29, 0.717) is 11.4 Å². The summed E-state index contributed by atoms with van der Waals surface area (Å²) in [5, 5.41) is 9.08. The first-order valence-electron chi connectivity index (χ1n) is 5.24. The van der Waals surface area contributed by atoms with Crippen LogP contribution < -0.4 is 4.90 Å². The Kier molecular flexibility index (Phi) is 4.97. The quantitative estimate of drug-likeness (QED) is 0.880. The smallest absolute Gasteiger partial charge is 0.303 e. The van der Waals surface area contributed by atoms with Gasteiger partial charge in [0.2, 0.25) is 5.91 Å². The second kappa shape index (κ2) is 6.25. The molecule has 0 bridgehead atoms. The Morgan fingerprint density at radius 2 is 1.82 bits per heavy atom. The molecule has 0 saturated carbocycles. The molecule has 1 aromatic rings. The standard InChI is InChI=1S/C12H14ClNO3/c1-14(10-7-5-9(13)6-8-10)11(15)3-2-4-12(16)17/h5-8H,2-4H2,1H3,(H,16,17). The molecule has 0 aliphatic carbocycles. The van der Waals surface area contributed by atoms with E-state index in [1.165, 1.54) is 4.90 Å². The van der Waals surface area contributed by atoms with Gasteiger partial charge >= 0.3 is 5.97 Å². The zero-order valence-electron chi connectivity index (χ0n) is 9.52. The molecule has 1 amide bonds. The molecule has 4 nitrogen and oxygen atoms in total. The number of aliphatic carboxylic acids is 1. The highest BCUT2D eigenvalue weighted by Gasteiger charge is 2.11. The minimum Gasteiger partial charge on any atom is -0.481 e. The number of carbonyl (C=O) groups excluding carboxylic acids is 1. The lowest BCUT2D eigenvalue weighted by Gasteiger charge is -2.17. The molecular formula is C12H14ClNO3. The van der Waals surface area contributed by atoms with Gasteiger partial charge in [-0.1, -0.05) is 11.6 Å². The molecule has 0 aliphatic rings. The number of hydrogen-bond acceptors (Lipinski definition) is 2. The van der Waals surface area contributed by atoms with Crippen LogP contribution in [-0.2, 0) is 9.59 Å². The van der Waals surface area contributed by atoms with Gasteiger partial charge in [0.15, 0.2) is 0 Å². The highest BCUT2D eigenvalue weighted by molar-refractivity contribution is 6.30. The summed E-state index contributed by atoms with van der Waals surface area (Å²) in [6.07, 6.45) is 0.595. The zero-order valence-corrected chi connectivity index (χ0v) is 10.3. The van der Waals surface area contributed by atoms with E-state index >= 15 is 0 Å². The Bertz CT molecular complexity index is 403. The number of halogens is 1. The van der Waals surface area contributed by atoms with Crippen LogP contribution in [0.4, 0.5) is 5.69 Å². The number of carboxylic acids is 1. The first-order valence-corrected chi connectivity index (χ1v) is 5.62. The molecule has 1 N–H and O–H groups in total. The van der Waals surface area contributed by atoms with Gasteiger partial charge in [0.1, 0.15) is 0 Å². The van der Waals surface area contributed by atoms with Gasteiger partial charge in [-0.15, -0.1) is 0 Å². The van der Waals surface area contributed by atoms with Gasteiger partial charge in [-0.25, -0.2) is 0 Å². The van der Waals surface area contributed by atoms with Gasteiger partial charge in [-0.05, 0) is 30.7 Å². The maximum atomic E-state index is 11.7. The van der Waals surface area contributed by atoms with Crippen molar-refractivity contribution in [2.75, 3.05) is 11.9 Å². The summed E-state index contributed by atoms with van der Waals surface area (Å²) >= 11 is 5.75. The number of carboxylic acid groups (broad SMARTS) is 1. The molecule has 5 heteroatoms. The third-order valence-electron chi connectivity index (χ3n) is 2.37. The molecule has 0 aromatic heterocycles. The topological polar surface area (TPSA) is 57.6 Å². The van der Waals surface area contributed by atoms with Gasteiger partial charge in [-0.3, -0.25) is 9.59 Å². The van der Waals surface area contributed by atoms with Gasteiger partial charge in [-0.2, -0.15) is 0 Å². The number of hydrogen-bond donors (Lipinski definition) is 1. The van der Waals surface area contributed by atoms with Crippen molar-refractivity contribution in [1.29, 1.82) is 0 Å². The fraction of sp³-hybridized carbons (Fsp3) is 0.333. The Hall–Kier alpha value is -1.55. The van der Waals surface area contributed by atoms with Crippen molar-refractivity contribution in [2.24, 2.45) is 0 Å². The number of benzene rings is 1. The molecule has 0 atom stereocenters. The predicted molar refractivity (Wildman–Crippen MR) is 66.3 cm³/mol. The van der Waals surface area contributed by atoms with Crippen LogP contribution in [0.3, 0.4) is 0 Å². The largest absolute Gasteiger partial charge is 0.481 e. The van der Waals surface area contributed by atoms with Crippen molar-refractivity contribution in [3.63, 3.8) is 0 Å². The molecule has 17 heavy (non-hydrogen) atoms. The van der Waals surface area contributed by atoms with Crippen LogP contribution in [0.2, 0.25) is 5.02 Å². The molecule has 0 unspecified atom stereocenters. The molecule has 1 rings (SSSR count). The van der Waals surface area contributed by atoms with Gasteiger partial charge < -0.3 is 10.0 Å². The lowest BCUT2D eigenvalue weighted by atomic mass is 10.2. The summed E-state index contributed by atoms with van der Waals surface area (Å²) < 4.78 is 0. The Labute approximate surface area is 105 Å². The van der Waals surface area contributed by atoms with Crippen LogP contribution in [0.1, 0.15) is 19.3 Å². The minimum atomic E-state index is -0.882. The number of carbonyl (C=O) groups is 2. The summed E-state index contributed by atoms with van der Waals surface area (Å²) in [7, 11) is 1.66. The predicted octanol–water partition coefficient (Wildman–Crippen LogP) is 2.56. The number of anilines is 1. The second-order valence-corrected chi connectivity index (χ2v) is 4.11. The Morgan fingerprint density at radius 3 is 2.35 bits per heavy atom. The summed E-state index contributed by atoms with van der Waals surface area (Å²) in [5.74, 6) is -0.986. The van der Waals surface area contributed by atoms with Crippen LogP contribution >= 0.6 is 11.6 Å². The average Bonchev–Trinajstić information content (AvgIpc) is 2.28. The van der Waals surface area contributed by atoms with Crippen molar-refractivity contribution < 1.29 is 14.7 Å². The first-order chi connectivity index (χ1) is 8.00. The van der Waals surface area contributed by atoms with Crippen LogP contribution in [0.15, 0.2) is 24.3 Å². The minimum absolute atomic E-state index is 0.0141. The number of rotatable bonds is 5. The molecule has 0 fully saturated rings. The molecule has 0 spiro atoms. The van der Waals surface area contributed by atoms with E-state index in [1.807, 2.05) is 0 Å². The van der Waals surface area contributed by atoms with E-state index in [2.05, 4.69) is 0 Å². The highest BCUT2D eigenvalue weighted by atomic mass is 35.5. The SMILES string of the molecule is CN(C(=O)CCCC(=O)O)c1ccc(Cl)cc1. The van der Waals surface area contributed by atoms with Crippen molar-refractivity contribution >= 4 is 29.2 Å². The summed E-state index contributed by atoms with van der Waals surface area (Å²) in [4.78, 5) is 23.5. The summed E-state index contributed by atoms with van der Waals surface area (Å²) in [6, 6.07) is 6.91. The van der Waals surface area contributed by atoms with Gasteiger partial charge in [0, 0.05) is 30.6 Å². The van der Waals surface area contributed by atoms with Crippen molar-refractivity contribution in [1.82, 2.24) is 0 Å². The van der Waals surface area contributed by atoms with E-state index in [4.69, 9.17) is 16.7 Å². The van der Waals surface area contributed by atoms with Crippen molar-refractivity contribution in [3.05, 3.63) is 29.3 Å². The normalized spacial score (nSPS) is 10.0. The molecule has 0 saturated heterocycles. The molecule has 92 valence electrons. The van der Waals surface area contributed by atoms with E-state index in [0.717, 1.165) is 5.69 Å². The molecular weight excluding hydrogens is 242 g/mol. The van der Waals surface area contributed by atoms with Crippen LogP contribution in [0.25, 0.3) is 0 Å². The maximum Gasteiger partial charge on any atom is 0.303 e. The van der Waals surface area contributed by atoms with Crippen molar-refractivity contribution in [3.8, 4) is 0 Å². The molecule has 0 radical (unpaired) electrons. The third-order valence-corrected chi connectivity index (χ3v) is 2.62. The van der Waals surface area contributed by atoms with E-state index in [1.54, 1.807) is 31.3 Å². The fourth-order valence-electron chi connectivity index (χ4n) is 1.37. The molecule has 0 aliphatic heterocycles. The van der Waals surface area contributed by atoms with E-state index in [-0.39, 0.29) is 18.7 Å². The van der Waals surface area contributed by atoms with E-state index in [9.17, 15) is 9.59 Å². The van der Waals surface area contributed by atoms with Crippen LogP contribution in [-0.4, -0.2) is 24.0 Å². The average molecular weight is 256 g/mol. The Balaban J connectivity index is 2.51. The second-order valence-electron chi connectivity index (χ2n) is 3.68. The third kappa shape index (κ3) is 4.44. The van der Waals surface area contributed by atoms with Gasteiger partial charge in [0.25, 0.3) is 0 Å². The number of nitrogens with zero attached hydrogens (tertiary/aromatic N) is 1. The van der Waals surface area contributed by atoms with Gasteiger partial charge in [0.05, 0.1) is 0 Å². The molecule has 1 aromatic carbocycles. The summed E-state index contributed by atoms with van der Waals surface area (Å²) in [6.45, 7) is 0. The zero-order chi connectivity index (χ0) is 12.8. The summed E-state index contributed by atoms with van der Waals surface area (Å²) in [5.41, 5.74) is 0.745. The monoisotopic (exact) mass is 255 g/mol. The highest BCUT2D eigenvalue weighted by Crippen LogP contribution is 2.17. The first kappa shape index (κ1) is 13.5. The maximum absolute atomic E-state index is 11.7. The van der Waals surface area contributed by atoms with Crippen LogP contribution in [0.5, 0.6) is 0 Å². The molecule has 0 heterocycles. The van der Waals surface area contributed by atoms with Crippen LogP contribution in [0, 0.1) is 0 Å². The fourth-order valence-corrected chi connectivity index (χ4v) is 1.49. The van der Waals surface area contributed by atoms with E-state index < -0.39 is 5.97 Å². The lowest BCUT2D eigenvalue weighted by Crippen LogP contribution is -2.25. The number of amides is 1.